The lowest BCUT2D eigenvalue weighted by atomic mass is 10.1. The first-order valence-electron chi connectivity index (χ1n) is 7.82. The van der Waals surface area contributed by atoms with Crippen LogP contribution in [0.2, 0.25) is 0 Å². The molecule has 0 aliphatic heterocycles. The van der Waals surface area contributed by atoms with Crippen molar-refractivity contribution in [2.24, 2.45) is 7.05 Å². The van der Waals surface area contributed by atoms with Gasteiger partial charge >= 0.3 is 6.18 Å². The molecule has 0 saturated heterocycles. The molecule has 0 amide bonds. The van der Waals surface area contributed by atoms with E-state index in [9.17, 15) is 18.0 Å². The summed E-state index contributed by atoms with van der Waals surface area (Å²) in [5.41, 5.74) is 0.789. The van der Waals surface area contributed by atoms with Crippen molar-refractivity contribution < 1.29 is 13.2 Å². The number of hydrogen-bond donors (Lipinski definition) is 0. The number of hydrogen-bond acceptors (Lipinski definition) is 5. The largest absolute Gasteiger partial charge is 0.416 e. The molecule has 0 aliphatic rings. The van der Waals surface area contributed by atoms with E-state index in [1.54, 1.807) is 12.4 Å². The molecule has 0 radical (unpaired) electrons. The van der Waals surface area contributed by atoms with Gasteiger partial charge in [0.25, 0.3) is 5.56 Å². The Hall–Kier alpha value is -3.01. The van der Waals surface area contributed by atoms with Crippen molar-refractivity contribution in [1.29, 1.82) is 0 Å². The first-order chi connectivity index (χ1) is 12.8. The van der Waals surface area contributed by atoms with Crippen LogP contribution < -0.4 is 5.56 Å². The Morgan fingerprint density at radius 1 is 1.19 bits per heavy atom. The topological polar surface area (TPSA) is 65.6 Å². The quantitative estimate of drug-likeness (QED) is 0.537. The average molecular weight is 391 g/mol. The van der Waals surface area contributed by atoms with Gasteiger partial charge < -0.3 is 0 Å². The molecule has 0 N–H and O–H groups in total. The predicted octanol–water partition coefficient (Wildman–Crippen LogP) is 3.32. The van der Waals surface area contributed by atoms with Crippen LogP contribution in [0.15, 0.2) is 47.0 Å². The van der Waals surface area contributed by atoms with Gasteiger partial charge in [-0.05, 0) is 12.1 Å². The normalized spacial score (nSPS) is 12.0. The number of aromatic nitrogens is 5. The predicted molar refractivity (Wildman–Crippen MR) is 94.4 cm³/mol. The highest BCUT2D eigenvalue weighted by molar-refractivity contribution is 7.13. The Balaban J connectivity index is 1.60. The van der Waals surface area contributed by atoms with Gasteiger partial charge in [-0.1, -0.05) is 12.1 Å². The molecule has 0 fully saturated rings. The lowest BCUT2D eigenvalue weighted by Gasteiger charge is -2.06. The van der Waals surface area contributed by atoms with E-state index in [-0.39, 0.29) is 12.1 Å². The fourth-order valence-corrected chi connectivity index (χ4v) is 3.48. The van der Waals surface area contributed by atoms with Crippen molar-refractivity contribution in [3.63, 3.8) is 0 Å². The number of nitrogens with zero attached hydrogens (tertiary/aromatic N) is 5. The number of halogens is 3. The van der Waals surface area contributed by atoms with E-state index in [4.69, 9.17) is 0 Å². The van der Waals surface area contributed by atoms with Crippen LogP contribution in [0.5, 0.6) is 0 Å². The molecule has 0 atom stereocenters. The molecule has 27 heavy (non-hydrogen) atoms. The van der Waals surface area contributed by atoms with Gasteiger partial charge in [-0.25, -0.2) is 9.97 Å². The summed E-state index contributed by atoms with van der Waals surface area (Å²) in [5, 5.41) is 6.79. The van der Waals surface area contributed by atoms with Gasteiger partial charge in [-0.3, -0.25) is 14.0 Å². The molecule has 138 valence electrons. The molecule has 0 spiro atoms. The van der Waals surface area contributed by atoms with Crippen molar-refractivity contribution in [2.75, 3.05) is 0 Å². The maximum atomic E-state index is 12.7. The summed E-state index contributed by atoms with van der Waals surface area (Å²) in [6, 6.07) is 4.84. The minimum Gasteiger partial charge on any atom is -0.292 e. The van der Waals surface area contributed by atoms with E-state index in [0.717, 1.165) is 12.1 Å². The van der Waals surface area contributed by atoms with Crippen LogP contribution in [-0.4, -0.2) is 24.3 Å². The number of benzene rings is 1. The molecule has 10 heteroatoms. The molecular formula is C17H12F3N5OS. The lowest BCUT2D eigenvalue weighted by molar-refractivity contribution is -0.137. The van der Waals surface area contributed by atoms with Crippen LogP contribution in [0.25, 0.3) is 21.6 Å². The summed E-state index contributed by atoms with van der Waals surface area (Å²) in [6.45, 7) is 0.216. The summed E-state index contributed by atoms with van der Waals surface area (Å²) in [5.74, 6) is 0. The molecule has 3 aromatic heterocycles. The van der Waals surface area contributed by atoms with Gasteiger partial charge in [-0.15, -0.1) is 11.3 Å². The first-order valence-corrected chi connectivity index (χ1v) is 8.70. The molecule has 1 aromatic carbocycles. The summed E-state index contributed by atoms with van der Waals surface area (Å²) in [7, 11) is 1.70. The van der Waals surface area contributed by atoms with E-state index in [0.29, 0.717) is 27.3 Å². The molecular weight excluding hydrogens is 379 g/mol. The maximum Gasteiger partial charge on any atom is 0.416 e. The highest BCUT2D eigenvalue weighted by atomic mass is 32.1. The third-order valence-electron chi connectivity index (χ3n) is 4.06. The molecule has 0 bridgehead atoms. The Kier molecular flexibility index (Phi) is 4.06. The second kappa shape index (κ2) is 6.31. The minimum atomic E-state index is -4.37. The van der Waals surface area contributed by atoms with Gasteiger partial charge in [0, 0.05) is 18.0 Å². The Bertz CT molecular complexity index is 1170. The number of fused-ring (bicyclic) bond motifs is 1. The smallest absolute Gasteiger partial charge is 0.292 e. The maximum absolute atomic E-state index is 12.7. The zero-order chi connectivity index (χ0) is 19.2. The second-order valence-corrected chi connectivity index (χ2v) is 6.76. The highest BCUT2D eigenvalue weighted by Crippen LogP contribution is 2.31. The average Bonchev–Trinajstić information content (AvgIpc) is 3.24. The zero-order valence-electron chi connectivity index (χ0n) is 13.9. The number of aryl methyl sites for hydroxylation is 1. The number of rotatable bonds is 3. The third-order valence-corrected chi connectivity index (χ3v) is 5.00. The standard InChI is InChI=1S/C17H12F3N5OS/c1-24-14-13(6-22-24)16(26)25(9-21-14)7-12-8-27-15(23-12)10-2-4-11(5-3-10)17(18,19)20/h2-6,8-9H,7H2,1H3. The van der Waals surface area contributed by atoms with Crippen molar-refractivity contribution >= 4 is 22.4 Å². The third kappa shape index (κ3) is 3.23. The van der Waals surface area contributed by atoms with Crippen LogP contribution in [0, 0.1) is 0 Å². The first kappa shape index (κ1) is 17.4. The fourth-order valence-electron chi connectivity index (χ4n) is 2.67. The van der Waals surface area contributed by atoms with Crippen LogP contribution in [0.1, 0.15) is 11.3 Å². The monoisotopic (exact) mass is 391 g/mol. The number of alkyl halides is 3. The molecule has 0 saturated carbocycles. The van der Waals surface area contributed by atoms with Crippen LogP contribution in [0.4, 0.5) is 13.2 Å². The van der Waals surface area contributed by atoms with E-state index in [1.807, 2.05) is 0 Å². The van der Waals surface area contributed by atoms with E-state index >= 15 is 0 Å². The SMILES string of the molecule is Cn1ncc2c(=O)n(Cc3csc(-c4ccc(C(F)(F)F)cc4)n3)cnc21. The van der Waals surface area contributed by atoms with Crippen LogP contribution in [0.3, 0.4) is 0 Å². The van der Waals surface area contributed by atoms with Crippen molar-refractivity contribution in [1.82, 2.24) is 24.3 Å². The van der Waals surface area contributed by atoms with Gasteiger partial charge in [-0.2, -0.15) is 18.3 Å². The molecule has 4 rings (SSSR count). The van der Waals surface area contributed by atoms with Crippen LogP contribution >= 0.6 is 11.3 Å². The lowest BCUT2D eigenvalue weighted by Crippen LogP contribution is -2.21. The zero-order valence-corrected chi connectivity index (χ0v) is 14.8. The molecule has 0 unspecified atom stereocenters. The Morgan fingerprint density at radius 2 is 1.93 bits per heavy atom. The Labute approximate surface area is 154 Å². The molecule has 6 nitrogen and oxygen atoms in total. The van der Waals surface area contributed by atoms with Gasteiger partial charge in [0.15, 0.2) is 5.65 Å². The fraction of sp³-hybridized carbons (Fsp3) is 0.176. The summed E-state index contributed by atoms with van der Waals surface area (Å²) < 4.78 is 40.9. The van der Waals surface area contributed by atoms with E-state index < -0.39 is 11.7 Å². The van der Waals surface area contributed by atoms with E-state index in [2.05, 4.69) is 15.1 Å². The highest BCUT2D eigenvalue weighted by Gasteiger charge is 2.30. The van der Waals surface area contributed by atoms with Crippen molar-refractivity contribution in [2.45, 2.75) is 12.7 Å². The molecule has 4 aromatic rings. The summed E-state index contributed by atoms with van der Waals surface area (Å²) >= 11 is 1.30. The minimum absolute atomic E-state index is 0.216. The molecule has 0 aliphatic carbocycles. The van der Waals surface area contributed by atoms with Gasteiger partial charge in [0.2, 0.25) is 0 Å². The second-order valence-electron chi connectivity index (χ2n) is 5.90. The van der Waals surface area contributed by atoms with Crippen LogP contribution in [-0.2, 0) is 19.8 Å². The summed E-state index contributed by atoms with van der Waals surface area (Å²) in [6.07, 6.45) is -1.47. The van der Waals surface area contributed by atoms with Gasteiger partial charge in [0.05, 0.1) is 24.0 Å². The van der Waals surface area contributed by atoms with Gasteiger partial charge in [0.1, 0.15) is 16.7 Å². The molecule has 3 heterocycles. The summed E-state index contributed by atoms with van der Waals surface area (Å²) in [4.78, 5) is 21.1. The van der Waals surface area contributed by atoms with Crippen molar-refractivity contribution in [3.8, 4) is 10.6 Å². The van der Waals surface area contributed by atoms with E-state index in [1.165, 1.54) is 45.2 Å². The Morgan fingerprint density at radius 3 is 2.63 bits per heavy atom. The van der Waals surface area contributed by atoms with Crippen molar-refractivity contribution in [3.05, 3.63) is 63.8 Å². The number of thiazole rings is 1.